The maximum atomic E-state index is 11.5. The minimum atomic E-state index is -0.839. The summed E-state index contributed by atoms with van der Waals surface area (Å²) in [7, 11) is 1.40. The van der Waals surface area contributed by atoms with Crippen LogP contribution < -0.4 is 5.73 Å². The number of hydrogen-bond donors (Lipinski definition) is 1. The number of piperidine rings is 1. The molecule has 1 rings (SSSR count). The van der Waals surface area contributed by atoms with Crippen molar-refractivity contribution in [2.75, 3.05) is 26.7 Å². The fourth-order valence-electron chi connectivity index (χ4n) is 3.19. The Labute approximate surface area is 130 Å². The lowest BCUT2D eigenvalue weighted by Crippen LogP contribution is -2.45. The molecule has 4 heteroatoms. The first-order valence-corrected chi connectivity index (χ1v) is 8.26. The summed E-state index contributed by atoms with van der Waals surface area (Å²) < 4.78 is 4.73. The average molecular weight is 298 g/mol. The quantitative estimate of drug-likeness (QED) is 0.605. The summed E-state index contributed by atoms with van der Waals surface area (Å²) in [4.78, 5) is 14.1. The number of carbonyl (C=O) groups excluding carboxylic acids is 1. The van der Waals surface area contributed by atoms with Gasteiger partial charge in [-0.3, -0.25) is 4.79 Å². The largest absolute Gasteiger partial charge is 0.468 e. The normalized spacial score (nSPS) is 21.0. The number of hydrogen-bond acceptors (Lipinski definition) is 4. The van der Waals surface area contributed by atoms with Gasteiger partial charge in [0, 0.05) is 0 Å². The fourth-order valence-corrected chi connectivity index (χ4v) is 3.19. The smallest absolute Gasteiger partial charge is 0.325 e. The Morgan fingerprint density at radius 3 is 2.24 bits per heavy atom. The lowest BCUT2D eigenvalue weighted by Gasteiger charge is -2.38. The summed E-state index contributed by atoms with van der Waals surface area (Å²) in [6.45, 7) is 12.3. The van der Waals surface area contributed by atoms with Crippen LogP contribution in [-0.4, -0.2) is 43.2 Å². The summed E-state index contributed by atoms with van der Waals surface area (Å²) >= 11 is 0. The Morgan fingerprint density at radius 1 is 1.19 bits per heavy atom. The third-order valence-electron chi connectivity index (χ3n) is 4.88. The topological polar surface area (TPSA) is 55.6 Å². The number of esters is 1. The Kier molecular flexibility index (Phi) is 6.67. The summed E-state index contributed by atoms with van der Waals surface area (Å²) in [5.74, 6) is 0.536. The molecular weight excluding hydrogens is 264 g/mol. The highest BCUT2D eigenvalue weighted by molar-refractivity contribution is 5.79. The molecule has 1 aliphatic heterocycles. The van der Waals surface area contributed by atoms with Crippen LogP contribution in [0.4, 0.5) is 0 Å². The van der Waals surface area contributed by atoms with E-state index in [0.29, 0.717) is 11.8 Å². The van der Waals surface area contributed by atoms with E-state index in [0.717, 1.165) is 25.3 Å². The van der Waals surface area contributed by atoms with Gasteiger partial charge in [0.1, 0.15) is 5.54 Å². The molecule has 0 bridgehead atoms. The molecule has 0 aromatic heterocycles. The van der Waals surface area contributed by atoms with Gasteiger partial charge in [-0.2, -0.15) is 0 Å². The first kappa shape index (κ1) is 18.4. The first-order valence-electron chi connectivity index (χ1n) is 8.26. The van der Waals surface area contributed by atoms with Crippen LogP contribution in [0.25, 0.3) is 0 Å². The molecule has 0 aromatic rings. The number of nitrogens with two attached hydrogens (primary N) is 1. The van der Waals surface area contributed by atoms with Gasteiger partial charge in [0.05, 0.1) is 7.11 Å². The number of carbonyl (C=O) groups is 1. The van der Waals surface area contributed by atoms with Crippen molar-refractivity contribution < 1.29 is 9.53 Å². The SMILES string of the molecule is COC(=O)C(C)(N)CCCCN1CCC(C(C)(C)C)CC1. The number of ether oxygens (including phenoxy) is 1. The third-order valence-corrected chi connectivity index (χ3v) is 4.88. The Balaban J connectivity index is 2.19. The van der Waals surface area contributed by atoms with Gasteiger partial charge in [0.15, 0.2) is 0 Å². The second-order valence-corrected chi connectivity index (χ2v) is 7.85. The van der Waals surface area contributed by atoms with Crippen LogP contribution in [0.1, 0.15) is 59.8 Å². The van der Waals surface area contributed by atoms with E-state index in [2.05, 4.69) is 25.7 Å². The maximum absolute atomic E-state index is 11.5. The van der Waals surface area contributed by atoms with Crippen molar-refractivity contribution in [1.29, 1.82) is 0 Å². The van der Waals surface area contributed by atoms with Crippen LogP contribution in [0.3, 0.4) is 0 Å². The minimum absolute atomic E-state index is 0.312. The van der Waals surface area contributed by atoms with Gasteiger partial charge in [-0.05, 0) is 70.0 Å². The molecule has 1 atom stereocenters. The van der Waals surface area contributed by atoms with Crippen molar-refractivity contribution in [2.24, 2.45) is 17.1 Å². The van der Waals surface area contributed by atoms with Gasteiger partial charge in [0.2, 0.25) is 0 Å². The second-order valence-electron chi connectivity index (χ2n) is 7.85. The highest BCUT2D eigenvalue weighted by atomic mass is 16.5. The first-order chi connectivity index (χ1) is 9.66. The summed E-state index contributed by atoms with van der Waals surface area (Å²) in [5, 5.41) is 0. The molecule has 4 nitrogen and oxygen atoms in total. The standard InChI is InChI=1S/C17H34N2O2/c1-16(2,3)14-8-12-19(13-9-14)11-7-6-10-17(4,18)15(20)21-5/h14H,6-13,18H2,1-5H3. The fraction of sp³-hybridized carbons (Fsp3) is 0.941. The number of unbranched alkanes of at least 4 members (excludes halogenated alkanes) is 1. The van der Waals surface area contributed by atoms with Crippen molar-refractivity contribution in [3.05, 3.63) is 0 Å². The molecule has 1 aliphatic rings. The predicted molar refractivity (Wildman–Crippen MR) is 87.1 cm³/mol. The highest BCUT2D eigenvalue weighted by Crippen LogP contribution is 2.34. The third kappa shape index (κ3) is 5.95. The molecule has 0 radical (unpaired) electrons. The van der Waals surface area contributed by atoms with E-state index in [9.17, 15) is 4.79 Å². The van der Waals surface area contributed by atoms with Gasteiger partial charge in [-0.25, -0.2) is 0 Å². The zero-order valence-electron chi connectivity index (χ0n) is 14.6. The molecule has 21 heavy (non-hydrogen) atoms. The molecule has 1 fully saturated rings. The molecule has 1 unspecified atom stereocenters. The van der Waals surface area contributed by atoms with Crippen LogP contribution in [0.2, 0.25) is 0 Å². The molecule has 0 spiro atoms. The monoisotopic (exact) mass is 298 g/mol. The van der Waals surface area contributed by atoms with E-state index in [1.165, 1.54) is 33.0 Å². The lowest BCUT2D eigenvalue weighted by atomic mass is 9.75. The summed E-state index contributed by atoms with van der Waals surface area (Å²) in [5.41, 5.74) is 5.57. The van der Waals surface area contributed by atoms with E-state index >= 15 is 0 Å². The van der Waals surface area contributed by atoms with Gasteiger partial charge >= 0.3 is 5.97 Å². The number of rotatable bonds is 6. The molecule has 0 saturated carbocycles. The zero-order chi connectivity index (χ0) is 16.1. The van der Waals surface area contributed by atoms with Crippen LogP contribution in [-0.2, 0) is 9.53 Å². The average Bonchev–Trinajstić information content (AvgIpc) is 2.42. The Bertz CT molecular complexity index is 326. The summed E-state index contributed by atoms with van der Waals surface area (Å²) in [6, 6.07) is 0. The van der Waals surface area contributed by atoms with Crippen molar-refractivity contribution >= 4 is 5.97 Å². The second kappa shape index (κ2) is 7.59. The van der Waals surface area contributed by atoms with Crippen molar-refractivity contribution in [3.63, 3.8) is 0 Å². The number of likely N-dealkylation sites (tertiary alicyclic amines) is 1. The van der Waals surface area contributed by atoms with Crippen LogP contribution in [0, 0.1) is 11.3 Å². The van der Waals surface area contributed by atoms with Crippen LogP contribution >= 0.6 is 0 Å². The van der Waals surface area contributed by atoms with Crippen LogP contribution in [0.15, 0.2) is 0 Å². The maximum Gasteiger partial charge on any atom is 0.325 e. The van der Waals surface area contributed by atoms with E-state index in [1.54, 1.807) is 6.92 Å². The van der Waals surface area contributed by atoms with Crippen molar-refractivity contribution in [2.45, 2.75) is 65.3 Å². The molecule has 124 valence electrons. The molecule has 1 heterocycles. The van der Waals surface area contributed by atoms with Gasteiger partial charge in [-0.15, -0.1) is 0 Å². The van der Waals surface area contributed by atoms with E-state index in [-0.39, 0.29) is 5.97 Å². The predicted octanol–water partition coefficient (Wildman–Crippen LogP) is 2.81. The Hall–Kier alpha value is -0.610. The van der Waals surface area contributed by atoms with Gasteiger partial charge < -0.3 is 15.4 Å². The molecular formula is C17H34N2O2. The van der Waals surface area contributed by atoms with Crippen molar-refractivity contribution in [1.82, 2.24) is 4.90 Å². The molecule has 0 aromatic carbocycles. The zero-order valence-corrected chi connectivity index (χ0v) is 14.6. The molecule has 0 aliphatic carbocycles. The number of nitrogens with zero attached hydrogens (tertiary/aromatic N) is 1. The van der Waals surface area contributed by atoms with E-state index < -0.39 is 5.54 Å². The highest BCUT2D eigenvalue weighted by Gasteiger charge is 2.30. The van der Waals surface area contributed by atoms with Gasteiger partial charge in [0.25, 0.3) is 0 Å². The summed E-state index contributed by atoms with van der Waals surface area (Å²) in [6.07, 6.45) is 5.38. The number of methoxy groups -OCH3 is 1. The molecule has 2 N–H and O–H groups in total. The Morgan fingerprint density at radius 2 is 1.76 bits per heavy atom. The van der Waals surface area contributed by atoms with Crippen LogP contribution in [0.5, 0.6) is 0 Å². The minimum Gasteiger partial charge on any atom is -0.468 e. The molecule has 0 amide bonds. The lowest BCUT2D eigenvalue weighted by molar-refractivity contribution is -0.146. The molecule has 1 saturated heterocycles. The van der Waals surface area contributed by atoms with Gasteiger partial charge in [-0.1, -0.05) is 20.8 Å². The van der Waals surface area contributed by atoms with Crippen molar-refractivity contribution in [3.8, 4) is 0 Å². The van der Waals surface area contributed by atoms with E-state index in [4.69, 9.17) is 10.5 Å². The van der Waals surface area contributed by atoms with E-state index in [1.807, 2.05) is 0 Å².